The summed E-state index contributed by atoms with van der Waals surface area (Å²) in [6.45, 7) is 1.38. The second-order valence-electron chi connectivity index (χ2n) is 7.00. The summed E-state index contributed by atoms with van der Waals surface area (Å²) in [5.74, 6) is -0.255. The lowest BCUT2D eigenvalue weighted by Gasteiger charge is -2.32. The van der Waals surface area contributed by atoms with Gasteiger partial charge in [-0.2, -0.15) is 0 Å². The zero-order chi connectivity index (χ0) is 20.6. The summed E-state index contributed by atoms with van der Waals surface area (Å²) in [5, 5.41) is 3.12. The summed E-state index contributed by atoms with van der Waals surface area (Å²) < 4.78 is 19.5. The Bertz CT molecular complexity index is 819. The van der Waals surface area contributed by atoms with E-state index in [2.05, 4.69) is 5.32 Å². The number of amides is 2. The van der Waals surface area contributed by atoms with Gasteiger partial charge in [-0.25, -0.2) is 4.39 Å². The molecule has 2 aromatic carbocycles. The molecular weight excluding hydrogens is 395 g/mol. The number of hydrogen-bond acceptors (Lipinski definition) is 3. The van der Waals surface area contributed by atoms with E-state index >= 15 is 0 Å². The van der Waals surface area contributed by atoms with Crippen molar-refractivity contribution in [3.05, 3.63) is 64.9 Å². The van der Waals surface area contributed by atoms with Crippen LogP contribution in [0.1, 0.15) is 36.0 Å². The monoisotopic (exact) mass is 418 g/mol. The van der Waals surface area contributed by atoms with Crippen LogP contribution in [-0.4, -0.2) is 42.5 Å². The van der Waals surface area contributed by atoms with Gasteiger partial charge in [0, 0.05) is 25.6 Å². The Morgan fingerprint density at radius 1 is 1.10 bits per heavy atom. The van der Waals surface area contributed by atoms with Crippen molar-refractivity contribution in [1.29, 1.82) is 0 Å². The molecule has 0 aromatic heterocycles. The number of hydrogen-bond donors (Lipinski definition) is 1. The minimum Gasteiger partial charge on any atom is -0.494 e. The molecule has 1 aliphatic rings. The number of carbonyl (C=O) groups is 2. The van der Waals surface area contributed by atoms with Crippen LogP contribution in [0, 0.1) is 5.82 Å². The molecule has 0 saturated carbocycles. The zero-order valence-corrected chi connectivity index (χ0v) is 16.8. The predicted molar refractivity (Wildman–Crippen MR) is 110 cm³/mol. The third-order valence-corrected chi connectivity index (χ3v) is 5.20. The average Bonchev–Trinajstić information content (AvgIpc) is 2.72. The van der Waals surface area contributed by atoms with Crippen molar-refractivity contribution < 1.29 is 18.7 Å². The fourth-order valence-electron chi connectivity index (χ4n) is 3.33. The molecular formula is C22H24ClFN2O3. The smallest absolute Gasteiger partial charge is 0.258 e. The molecule has 3 rings (SSSR count). The molecule has 0 unspecified atom stereocenters. The largest absolute Gasteiger partial charge is 0.494 e. The Kier molecular flexibility index (Phi) is 7.47. The lowest BCUT2D eigenvalue weighted by atomic mass is 10.0. The second kappa shape index (κ2) is 10.3. The Balaban J connectivity index is 1.38. The first-order chi connectivity index (χ1) is 14.0. The molecule has 1 aliphatic heterocycles. The molecule has 1 N–H and O–H groups in total. The summed E-state index contributed by atoms with van der Waals surface area (Å²) in [7, 11) is 0. The fourth-order valence-corrected chi connectivity index (χ4v) is 3.57. The summed E-state index contributed by atoms with van der Waals surface area (Å²) in [6.07, 6.45) is 2.27. The molecule has 0 atom stereocenters. The fraction of sp³-hybridized carbons (Fsp3) is 0.364. The molecule has 0 bridgehead atoms. The first kappa shape index (κ1) is 21.1. The van der Waals surface area contributed by atoms with Crippen LogP contribution in [-0.2, 0) is 4.79 Å². The quantitative estimate of drug-likeness (QED) is 0.690. The van der Waals surface area contributed by atoms with E-state index in [9.17, 15) is 14.0 Å². The normalized spacial score (nSPS) is 14.5. The number of benzene rings is 2. The molecule has 154 valence electrons. The minimum atomic E-state index is -0.615. The maximum atomic E-state index is 14.0. The number of para-hydroxylation sites is 1. The highest BCUT2D eigenvalue weighted by Crippen LogP contribution is 2.23. The van der Waals surface area contributed by atoms with E-state index in [1.54, 1.807) is 4.90 Å². The number of likely N-dealkylation sites (tertiary alicyclic amines) is 1. The summed E-state index contributed by atoms with van der Waals surface area (Å²) in [4.78, 5) is 26.3. The molecule has 5 nitrogen and oxygen atoms in total. The van der Waals surface area contributed by atoms with E-state index < -0.39 is 11.7 Å². The number of rotatable bonds is 7. The van der Waals surface area contributed by atoms with E-state index in [1.165, 1.54) is 18.2 Å². The topological polar surface area (TPSA) is 58.6 Å². The lowest BCUT2D eigenvalue weighted by molar-refractivity contribution is -0.122. The van der Waals surface area contributed by atoms with E-state index in [4.69, 9.17) is 16.3 Å². The van der Waals surface area contributed by atoms with Crippen LogP contribution >= 0.6 is 11.6 Å². The summed E-state index contributed by atoms with van der Waals surface area (Å²) in [6, 6.07) is 13.7. The zero-order valence-electron chi connectivity index (χ0n) is 16.1. The number of ether oxygens (including phenoxy) is 1. The van der Waals surface area contributed by atoms with Gasteiger partial charge >= 0.3 is 0 Å². The highest BCUT2D eigenvalue weighted by molar-refractivity contribution is 6.33. The van der Waals surface area contributed by atoms with Crippen LogP contribution in [0.2, 0.25) is 5.02 Å². The molecule has 29 heavy (non-hydrogen) atoms. The third-order valence-electron chi connectivity index (χ3n) is 4.88. The van der Waals surface area contributed by atoms with Gasteiger partial charge in [-0.1, -0.05) is 35.9 Å². The molecule has 0 radical (unpaired) electrons. The first-order valence-electron chi connectivity index (χ1n) is 9.75. The van der Waals surface area contributed by atoms with Crippen molar-refractivity contribution >= 4 is 23.4 Å². The van der Waals surface area contributed by atoms with Gasteiger partial charge in [0.15, 0.2) is 0 Å². The molecule has 1 fully saturated rings. The van der Waals surface area contributed by atoms with E-state index in [1.807, 2.05) is 30.3 Å². The summed E-state index contributed by atoms with van der Waals surface area (Å²) >= 11 is 5.99. The molecule has 1 saturated heterocycles. The van der Waals surface area contributed by atoms with E-state index in [0.29, 0.717) is 45.4 Å². The van der Waals surface area contributed by atoms with Crippen molar-refractivity contribution in [1.82, 2.24) is 10.2 Å². The van der Waals surface area contributed by atoms with Gasteiger partial charge in [0.25, 0.3) is 5.91 Å². The lowest BCUT2D eigenvalue weighted by Crippen LogP contribution is -2.46. The first-order valence-corrected chi connectivity index (χ1v) is 10.1. The van der Waals surface area contributed by atoms with Crippen molar-refractivity contribution in [3.8, 4) is 5.75 Å². The predicted octanol–water partition coefficient (Wildman–Crippen LogP) is 4.06. The van der Waals surface area contributed by atoms with Crippen LogP contribution in [0.15, 0.2) is 48.5 Å². The van der Waals surface area contributed by atoms with Crippen molar-refractivity contribution in [3.63, 3.8) is 0 Å². The van der Waals surface area contributed by atoms with E-state index in [-0.39, 0.29) is 22.5 Å². The molecule has 0 aliphatic carbocycles. The number of halogens is 2. The minimum absolute atomic E-state index is 0.0117. The van der Waals surface area contributed by atoms with E-state index in [0.717, 1.165) is 5.75 Å². The highest BCUT2D eigenvalue weighted by Gasteiger charge is 2.27. The van der Waals surface area contributed by atoms with Gasteiger partial charge in [-0.15, -0.1) is 0 Å². The SMILES string of the molecule is O=C(CCCOc1ccccc1)NC1CCN(C(=O)c2c(F)cccc2Cl)CC1. The van der Waals surface area contributed by atoms with Crippen LogP contribution in [0.4, 0.5) is 4.39 Å². The van der Waals surface area contributed by atoms with Crippen LogP contribution in [0.5, 0.6) is 5.75 Å². The second-order valence-corrected chi connectivity index (χ2v) is 7.40. The Labute approximate surface area is 174 Å². The maximum absolute atomic E-state index is 14.0. The number of nitrogens with one attached hydrogen (secondary N) is 1. The van der Waals surface area contributed by atoms with Gasteiger partial charge in [0.2, 0.25) is 5.91 Å². The Morgan fingerprint density at radius 2 is 1.83 bits per heavy atom. The van der Waals surface area contributed by atoms with Crippen LogP contribution in [0.3, 0.4) is 0 Å². The van der Waals surface area contributed by atoms with Crippen molar-refractivity contribution in [2.75, 3.05) is 19.7 Å². The maximum Gasteiger partial charge on any atom is 0.258 e. The molecule has 1 heterocycles. The van der Waals surface area contributed by atoms with Crippen molar-refractivity contribution in [2.45, 2.75) is 31.7 Å². The van der Waals surface area contributed by atoms with Gasteiger partial charge in [0.05, 0.1) is 17.2 Å². The Hall–Kier alpha value is -2.60. The number of nitrogens with zero attached hydrogens (tertiary/aromatic N) is 1. The van der Waals surface area contributed by atoms with Gasteiger partial charge in [-0.3, -0.25) is 9.59 Å². The standard InChI is InChI=1S/C22H24ClFN2O3/c23-18-8-4-9-19(24)21(18)22(28)26-13-11-16(12-14-26)25-20(27)10-5-15-29-17-6-2-1-3-7-17/h1-4,6-9,16H,5,10-15H2,(H,25,27). The number of piperidine rings is 1. The van der Waals surface area contributed by atoms with Crippen LogP contribution < -0.4 is 10.1 Å². The highest BCUT2D eigenvalue weighted by atomic mass is 35.5. The van der Waals surface area contributed by atoms with Crippen molar-refractivity contribution in [2.24, 2.45) is 0 Å². The third kappa shape index (κ3) is 5.94. The molecule has 2 aromatic rings. The van der Waals surface area contributed by atoms with Gasteiger partial charge in [0.1, 0.15) is 11.6 Å². The average molecular weight is 419 g/mol. The van der Waals surface area contributed by atoms with Gasteiger partial charge < -0.3 is 15.0 Å². The Morgan fingerprint density at radius 3 is 2.52 bits per heavy atom. The summed E-state index contributed by atoms with van der Waals surface area (Å²) in [5.41, 5.74) is -0.0879. The number of carbonyl (C=O) groups excluding carboxylic acids is 2. The molecule has 7 heteroatoms. The van der Waals surface area contributed by atoms with Crippen LogP contribution in [0.25, 0.3) is 0 Å². The molecule has 0 spiro atoms. The molecule has 2 amide bonds. The van der Waals surface area contributed by atoms with Gasteiger partial charge in [-0.05, 0) is 43.5 Å².